The van der Waals surface area contributed by atoms with Gasteiger partial charge in [-0.15, -0.1) is 0 Å². The molecule has 1 aliphatic heterocycles. The predicted octanol–water partition coefficient (Wildman–Crippen LogP) is 4.99. The molecule has 2 aromatic heterocycles. The van der Waals surface area contributed by atoms with Crippen LogP contribution in [0.1, 0.15) is 40.2 Å². The highest BCUT2D eigenvalue weighted by Gasteiger charge is 2.35. The molecule has 0 radical (unpaired) electrons. The molecule has 1 atom stereocenters. The van der Waals surface area contributed by atoms with Gasteiger partial charge >= 0.3 is 11.9 Å². The number of rotatable bonds is 8. The van der Waals surface area contributed by atoms with Crippen LogP contribution in [0.25, 0.3) is 23.1 Å². The fourth-order valence-corrected chi connectivity index (χ4v) is 6.16. The fourth-order valence-electron chi connectivity index (χ4n) is 5.17. The first-order chi connectivity index (χ1) is 21.9. The van der Waals surface area contributed by atoms with Crippen LogP contribution in [0, 0.1) is 0 Å². The Morgan fingerprint density at radius 3 is 2.40 bits per heavy atom. The Kier molecular flexibility index (Phi) is 8.30. The lowest BCUT2D eigenvalue weighted by atomic mass is 9.93. The minimum Gasteiger partial charge on any atom is -0.497 e. The quantitative estimate of drug-likeness (QED) is 0.225. The van der Waals surface area contributed by atoms with E-state index in [-0.39, 0.29) is 17.7 Å². The minimum atomic E-state index is -0.809. The normalized spacial score (nSPS) is 14.5. The molecule has 3 aromatic carbocycles. The lowest BCUT2D eigenvalue weighted by Gasteiger charge is -2.26. The number of aromatic nitrogens is 1. The van der Waals surface area contributed by atoms with Crippen LogP contribution in [0.5, 0.6) is 5.75 Å². The van der Waals surface area contributed by atoms with E-state index in [0.29, 0.717) is 49.0 Å². The molecule has 1 aliphatic rings. The largest absolute Gasteiger partial charge is 0.497 e. The maximum absolute atomic E-state index is 14.1. The zero-order valence-electron chi connectivity index (χ0n) is 24.7. The second kappa shape index (κ2) is 12.6. The number of esters is 2. The van der Waals surface area contributed by atoms with Gasteiger partial charge in [0.25, 0.3) is 5.56 Å². The molecule has 0 amide bonds. The highest BCUT2D eigenvalue weighted by Crippen LogP contribution is 2.35. The lowest BCUT2D eigenvalue weighted by molar-refractivity contribution is -0.138. The van der Waals surface area contributed by atoms with E-state index in [1.807, 2.05) is 48.5 Å². The Bertz CT molecular complexity index is 2110. The standard InChI is InChI=1S/C35H28N2O7S/c1-4-43-34(40)29-30(21-9-6-5-7-10-21)36-35-37(31(29)22-13-15-25(41-2)16-14-22)32(38)28(45-35)20-26-17-18-27(44-26)23-11-8-12-24(19-23)33(39)42-3/h5-20,31H,4H2,1-3H3/b28-20-. The average Bonchev–Trinajstić information content (AvgIpc) is 3.68. The number of benzene rings is 3. The summed E-state index contributed by atoms with van der Waals surface area (Å²) in [5.74, 6) is 0.592. The van der Waals surface area contributed by atoms with E-state index in [4.69, 9.17) is 23.6 Å². The Labute approximate surface area is 262 Å². The van der Waals surface area contributed by atoms with Crippen LogP contribution < -0.4 is 19.6 Å². The van der Waals surface area contributed by atoms with Gasteiger partial charge in [-0.2, -0.15) is 0 Å². The summed E-state index contributed by atoms with van der Waals surface area (Å²) in [5.41, 5.74) is 2.87. The van der Waals surface area contributed by atoms with Gasteiger partial charge in [0.05, 0.1) is 48.2 Å². The van der Waals surface area contributed by atoms with Gasteiger partial charge in [0.15, 0.2) is 4.80 Å². The number of hydrogen-bond acceptors (Lipinski definition) is 9. The van der Waals surface area contributed by atoms with Gasteiger partial charge in [-0.05, 0) is 48.9 Å². The van der Waals surface area contributed by atoms with Crippen LogP contribution >= 0.6 is 11.3 Å². The highest BCUT2D eigenvalue weighted by molar-refractivity contribution is 7.07. The molecule has 0 saturated carbocycles. The first-order valence-electron chi connectivity index (χ1n) is 14.1. The van der Waals surface area contributed by atoms with Crippen molar-refractivity contribution in [2.24, 2.45) is 4.99 Å². The van der Waals surface area contributed by atoms with Crippen molar-refractivity contribution in [1.29, 1.82) is 0 Å². The first-order valence-corrected chi connectivity index (χ1v) is 14.9. The van der Waals surface area contributed by atoms with Crippen molar-refractivity contribution in [3.63, 3.8) is 0 Å². The van der Waals surface area contributed by atoms with E-state index in [2.05, 4.69) is 0 Å². The van der Waals surface area contributed by atoms with Crippen LogP contribution in [-0.2, 0) is 14.3 Å². The SMILES string of the molecule is CCOC(=O)C1=C(c2ccccc2)N=c2s/c(=C\c3ccc(-c4cccc(C(=O)OC)c4)o3)c(=O)n2C1c1ccc(OC)cc1. The van der Waals surface area contributed by atoms with Gasteiger partial charge in [-0.1, -0.05) is 65.9 Å². The number of thiazole rings is 1. The Morgan fingerprint density at radius 2 is 1.69 bits per heavy atom. The summed E-state index contributed by atoms with van der Waals surface area (Å²) in [7, 11) is 2.90. The summed E-state index contributed by atoms with van der Waals surface area (Å²) in [4.78, 5) is 45.0. The van der Waals surface area contributed by atoms with E-state index in [1.165, 1.54) is 23.0 Å². The van der Waals surface area contributed by atoms with Crippen LogP contribution in [0.2, 0.25) is 0 Å². The number of carbonyl (C=O) groups is 2. The molecule has 3 heterocycles. The molecule has 226 valence electrons. The van der Waals surface area contributed by atoms with Crippen LogP contribution in [0.3, 0.4) is 0 Å². The topological polar surface area (TPSA) is 109 Å². The molecule has 10 heteroatoms. The zero-order chi connectivity index (χ0) is 31.5. The molecule has 6 rings (SSSR count). The number of ether oxygens (including phenoxy) is 3. The fraction of sp³-hybridized carbons (Fsp3) is 0.143. The van der Waals surface area contributed by atoms with Crippen LogP contribution in [0.15, 0.2) is 111 Å². The summed E-state index contributed by atoms with van der Waals surface area (Å²) in [6.07, 6.45) is 1.65. The maximum atomic E-state index is 14.1. The van der Waals surface area contributed by atoms with Crippen molar-refractivity contribution in [3.05, 3.63) is 139 Å². The smallest absolute Gasteiger partial charge is 0.338 e. The highest BCUT2D eigenvalue weighted by atomic mass is 32.1. The number of fused-ring (bicyclic) bond motifs is 1. The molecule has 0 spiro atoms. The molecule has 45 heavy (non-hydrogen) atoms. The molecule has 1 unspecified atom stereocenters. The number of methoxy groups -OCH3 is 2. The van der Waals surface area contributed by atoms with Crippen molar-refractivity contribution >= 4 is 35.0 Å². The summed E-state index contributed by atoms with van der Waals surface area (Å²) < 4.78 is 23.7. The van der Waals surface area contributed by atoms with Gasteiger partial charge in [0.1, 0.15) is 17.3 Å². The molecular weight excluding hydrogens is 592 g/mol. The third kappa shape index (κ3) is 5.75. The van der Waals surface area contributed by atoms with E-state index < -0.39 is 18.0 Å². The number of carbonyl (C=O) groups excluding carboxylic acids is 2. The van der Waals surface area contributed by atoms with Crippen molar-refractivity contribution in [3.8, 4) is 17.1 Å². The Morgan fingerprint density at radius 1 is 0.933 bits per heavy atom. The van der Waals surface area contributed by atoms with Gasteiger partial charge in [-0.25, -0.2) is 14.6 Å². The number of hydrogen-bond donors (Lipinski definition) is 0. The first kappa shape index (κ1) is 29.6. The molecule has 5 aromatic rings. The second-order valence-corrected chi connectivity index (χ2v) is 11.0. The zero-order valence-corrected chi connectivity index (χ0v) is 25.5. The third-order valence-corrected chi connectivity index (χ3v) is 8.26. The van der Waals surface area contributed by atoms with Crippen molar-refractivity contribution in [2.75, 3.05) is 20.8 Å². The third-order valence-electron chi connectivity index (χ3n) is 7.27. The maximum Gasteiger partial charge on any atom is 0.338 e. The summed E-state index contributed by atoms with van der Waals surface area (Å²) >= 11 is 1.20. The lowest BCUT2D eigenvalue weighted by Crippen LogP contribution is -2.40. The molecule has 0 saturated heterocycles. The molecule has 9 nitrogen and oxygen atoms in total. The number of furan rings is 1. The molecule has 0 aliphatic carbocycles. The van der Waals surface area contributed by atoms with Gasteiger partial charge < -0.3 is 18.6 Å². The van der Waals surface area contributed by atoms with Gasteiger partial charge in [0.2, 0.25) is 0 Å². The summed E-state index contributed by atoms with van der Waals surface area (Å²) in [5, 5.41) is 0. The monoisotopic (exact) mass is 620 g/mol. The number of nitrogens with zero attached hydrogens (tertiary/aromatic N) is 2. The molecule has 0 bridgehead atoms. The van der Waals surface area contributed by atoms with Crippen molar-refractivity contribution in [1.82, 2.24) is 4.57 Å². The van der Waals surface area contributed by atoms with Crippen LogP contribution in [0.4, 0.5) is 0 Å². The van der Waals surface area contributed by atoms with E-state index in [1.54, 1.807) is 62.6 Å². The summed E-state index contributed by atoms with van der Waals surface area (Å²) in [6.45, 7) is 1.90. The van der Waals surface area contributed by atoms with E-state index >= 15 is 0 Å². The second-order valence-electron chi connectivity index (χ2n) is 9.98. The van der Waals surface area contributed by atoms with E-state index in [9.17, 15) is 14.4 Å². The average molecular weight is 621 g/mol. The van der Waals surface area contributed by atoms with E-state index in [0.717, 1.165) is 5.56 Å². The van der Waals surface area contributed by atoms with Gasteiger partial charge in [0, 0.05) is 17.2 Å². The predicted molar refractivity (Wildman–Crippen MR) is 170 cm³/mol. The van der Waals surface area contributed by atoms with Gasteiger partial charge in [-0.3, -0.25) is 9.36 Å². The molecule has 0 N–H and O–H groups in total. The molecular formula is C35H28N2O7S. The minimum absolute atomic E-state index is 0.160. The van der Waals surface area contributed by atoms with Crippen molar-refractivity contribution in [2.45, 2.75) is 13.0 Å². The van der Waals surface area contributed by atoms with Crippen LogP contribution in [-0.4, -0.2) is 37.3 Å². The summed E-state index contributed by atoms with van der Waals surface area (Å²) in [6, 6.07) is 26.2. The Balaban J connectivity index is 1.52. The molecule has 0 fully saturated rings. The van der Waals surface area contributed by atoms with Crippen molar-refractivity contribution < 1.29 is 28.2 Å². The Hall–Kier alpha value is -5.48.